The van der Waals surface area contributed by atoms with Gasteiger partial charge in [-0.05, 0) is 81.3 Å². The Kier molecular flexibility index (Phi) is 6.55. The Balaban J connectivity index is 1.74. The molecule has 1 aromatic heterocycles. The highest BCUT2D eigenvalue weighted by Crippen LogP contribution is 2.27. The quantitative estimate of drug-likeness (QED) is 0.791. The highest BCUT2D eigenvalue weighted by atomic mass is 16.5. The molecule has 0 radical (unpaired) electrons. The molecule has 0 saturated carbocycles. The Labute approximate surface area is 166 Å². The first-order chi connectivity index (χ1) is 13.5. The lowest BCUT2D eigenvalue weighted by Crippen LogP contribution is -2.28. The second-order valence-corrected chi connectivity index (χ2v) is 7.71. The van der Waals surface area contributed by atoms with E-state index in [0.717, 1.165) is 61.1 Å². The van der Waals surface area contributed by atoms with Gasteiger partial charge in [-0.2, -0.15) is 0 Å². The molecule has 2 aromatic rings. The lowest BCUT2D eigenvalue weighted by atomic mass is 10.0. The molecule has 0 spiro atoms. The number of nitrogens with one attached hydrogen (secondary N) is 2. The normalized spacial score (nSPS) is 16.0. The van der Waals surface area contributed by atoms with Crippen molar-refractivity contribution in [2.45, 2.75) is 71.9 Å². The van der Waals surface area contributed by atoms with E-state index < -0.39 is 0 Å². The van der Waals surface area contributed by atoms with Crippen molar-refractivity contribution in [3.63, 3.8) is 0 Å². The first-order valence-corrected chi connectivity index (χ1v) is 10.3. The number of carbonyl (C=O) groups is 1. The van der Waals surface area contributed by atoms with Crippen molar-refractivity contribution in [2.24, 2.45) is 0 Å². The molecule has 1 aliphatic rings. The number of hydrogen-bond acceptors (Lipinski definition) is 3. The molecule has 1 aromatic carbocycles. The van der Waals surface area contributed by atoms with E-state index in [1.54, 1.807) is 6.07 Å². The molecule has 3 rings (SSSR count). The number of carbonyl (C=O) groups excluding carboxylic acids is 1. The zero-order valence-corrected chi connectivity index (χ0v) is 17.1. The minimum atomic E-state index is -0.165. The summed E-state index contributed by atoms with van der Waals surface area (Å²) in [4.78, 5) is 28.0. The minimum Gasteiger partial charge on any atom is -0.490 e. The van der Waals surface area contributed by atoms with Gasteiger partial charge >= 0.3 is 0 Å². The average molecular weight is 383 g/mol. The molecule has 0 aliphatic carbocycles. The zero-order chi connectivity index (χ0) is 20.1. The number of aromatic nitrogens is 1. The van der Waals surface area contributed by atoms with Gasteiger partial charge in [-0.3, -0.25) is 9.59 Å². The number of ether oxygens (including phenoxy) is 1. The maximum Gasteiger partial charge on any atom is 0.253 e. The van der Waals surface area contributed by atoms with Gasteiger partial charge in [-0.25, -0.2) is 0 Å². The van der Waals surface area contributed by atoms with Gasteiger partial charge in [0.1, 0.15) is 5.75 Å². The third-order valence-corrected chi connectivity index (χ3v) is 5.30. The first kappa shape index (κ1) is 20.2. The highest BCUT2D eigenvalue weighted by Gasteiger charge is 2.17. The monoisotopic (exact) mass is 382 g/mol. The Morgan fingerprint density at radius 1 is 1.32 bits per heavy atom. The maximum absolute atomic E-state index is 12.7. The summed E-state index contributed by atoms with van der Waals surface area (Å²) in [5.74, 6) is 0.708. The number of benzene rings is 1. The number of aryl methyl sites for hydroxylation is 3. The number of aromatic amines is 1. The van der Waals surface area contributed by atoms with Gasteiger partial charge in [-0.1, -0.05) is 13.3 Å². The van der Waals surface area contributed by atoms with E-state index >= 15 is 0 Å². The summed E-state index contributed by atoms with van der Waals surface area (Å²) in [6.45, 7) is 6.32. The molecule has 2 N–H and O–H groups in total. The lowest BCUT2D eigenvalue weighted by Gasteiger charge is -2.14. The maximum atomic E-state index is 12.7. The number of pyridine rings is 1. The van der Waals surface area contributed by atoms with E-state index in [0.29, 0.717) is 11.1 Å². The van der Waals surface area contributed by atoms with Gasteiger partial charge < -0.3 is 15.0 Å². The Hall–Kier alpha value is -2.56. The van der Waals surface area contributed by atoms with Crippen molar-refractivity contribution >= 4 is 5.91 Å². The van der Waals surface area contributed by atoms with Crippen LogP contribution < -0.4 is 15.6 Å². The molecule has 0 saturated heterocycles. The molecule has 5 nitrogen and oxygen atoms in total. The molecule has 28 heavy (non-hydrogen) atoms. The van der Waals surface area contributed by atoms with E-state index in [1.165, 1.54) is 0 Å². The average Bonchev–Trinajstić information content (AvgIpc) is 2.84. The standard InChI is InChI=1S/C23H30N2O3/c1-4-5-8-17-12-15(2)25-23(27)20(17)14-24-22(26)19-10-11-21-18(13-19)9-6-7-16(3)28-21/h10-13,16H,4-9,14H2,1-3H3,(H,24,26)(H,25,27). The van der Waals surface area contributed by atoms with Crippen molar-refractivity contribution in [3.05, 3.63) is 62.6 Å². The summed E-state index contributed by atoms with van der Waals surface area (Å²) in [7, 11) is 0. The lowest BCUT2D eigenvalue weighted by molar-refractivity contribution is 0.0950. The number of unbranched alkanes of at least 4 members (excludes halogenated alkanes) is 1. The topological polar surface area (TPSA) is 71.2 Å². The summed E-state index contributed by atoms with van der Waals surface area (Å²) in [5, 5.41) is 2.92. The third kappa shape index (κ3) is 4.83. The van der Waals surface area contributed by atoms with Crippen molar-refractivity contribution in [2.75, 3.05) is 0 Å². The summed E-state index contributed by atoms with van der Waals surface area (Å²) < 4.78 is 5.92. The van der Waals surface area contributed by atoms with Gasteiger partial charge in [0.2, 0.25) is 0 Å². The van der Waals surface area contributed by atoms with Crippen molar-refractivity contribution in [1.29, 1.82) is 0 Å². The van der Waals surface area contributed by atoms with Gasteiger partial charge in [-0.15, -0.1) is 0 Å². The van der Waals surface area contributed by atoms with Crippen molar-refractivity contribution < 1.29 is 9.53 Å². The van der Waals surface area contributed by atoms with Gasteiger partial charge in [0.25, 0.3) is 11.5 Å². The predicted molar refractivity (Wildman–Crippen MR) is 111 cm³/mol. The summed E-state index contributed by atoms with van der Waals surface area (Å²) in [6, 6.07) is 7.61. The zero-order valence-electron chi connectivity index (χ0n) is 17.1. The number of amides is 1. The van der Waals surface area contributed by atoms with E-state index in [1.807, 2.05) is 25.1 Å². The van der Waals surface area contributed by atoms with E-state index in [4.69, 9.17) is 4.74 Å². The van der Waals surface area contributed by atoms with Gasteiger partial charge in [0.05, 0.1) is 6.10 Å². The van der Waals surface area contributed by atoms with Crippen LogP contribution in [-0.2, 0) is 19.4 Å². The van der Waals surface area contributed by atoms with Crippen LogP contribution in [0.5, 0.6) is 5.75 Å². The third-order valence-electron chi connectivity index (χ3n) is 5.30. The minimum absolute atomic E-state index is 0.115. The van der Waals surface area contributed by atoms with Gasteiger partial charge in [0.15, 0.2) is 0 Å². The Morgan fingerprint density at radius 3 is 2.93 bits per heavy atom. The van der Waals surface area contributed by atoms with Crippen LogP contribution >= 0.6 is 0 Å². The first-order valence-electron chi connectivity index (χ1n) is 10.3. The molecule has 1 amide bonds. The second kappa shape index (κ2) is 9.09. The van der Waals surface area contributed by atoms with Gasteiger partial charge in [0, 0.05) is 23.4 Å². The summed E-state index contributed by atoms with van der Waals surface area (Å²) in [5.41, 5.74) is 4.10. The van der Waals surface area contributed by atoms with Crippen LogP contribution in [0.3, 0.4) is 0 Å². The largest absolute Gasteiger partial charge is 0.490 e. The molecule has 1 atom stereocenters. The van der Waals surface area contributed by atoms with E-state index in [-0.39, 0.29) is 24.1 Å². The molecule has 5 heteroatoms. The van der Waals surface area contributed by atoms with Crippen LogP contribution in [-0.4, -0.2) is 17.0 Å². The number of rotatable bonds is 6. The predicted octanol–water partition coefficient (Wildman–Crippen LogP) is 4.06. The molecule has 0 fully saturated rings. The fourth-order valence-electron chi connectivity index (χ4n) is 3.73. The number of fused-ring (bicyclic) bond motifs is 1. The molecule has 1 aliphatic heterocycles. The van der Waals surface area contributed by atoms with Crippen LogP contribution in [0.25, 0.3) is 0 Å². The van der Waals surface area contributed by atoms with Crippen LogP contribution in [0.2, 0.25) is 0 Å². The number of hydrogen-bond donors (Lipinski definition) is 2. The summed E-state index contributed by atoms with van der Waals surface area (Å²) >= 11 is 0. The molecule has 2 heterocycles. The highest BCUT2D eigenvalue weighted by molar-refractivity contribution is 5.94. The van der Waals surface area contributed by atoms with Crippen molar-refractivity contribution in [3.8, 4) is 5.75 Å². The molecule has 150 valence electrons. The van der Waals surface area contributed by atoms with Crippen LogP contribution in [0, 0.1) is 6.92 Å². The second-order valence-electron chi connectivity index (χ2n) is 7.71. The molecule has 0 bridgehead atoms. The molecular formula is C23H30N2O3. The molecular weight excluding hydrogens is 352 g/mol. The van der Waals surface area contributed by atoms with Crippen LogP contribution in [0.15, 0.2) is 29.1 Å². The Bertz CT molecular complexity index is 901. The van der Waals surface area contributed by atoms with E-state index in [9.17, 15) is 9.59 Å². The SMILES string of the molecule is CCCCc1cc(C)[nH]c(=O)c1CNC(=O)c1ccc2c(c1)CCCC(C)O2. The summed E-state index contributed by atoms with van der Waals surface area (Å²) in [6.07, 6.45) is 6.13. The van der Waals surface area contributed by atoms with Crippen LogP contribution in [0.4, 0.5) is 0 Å². The fraction of sp³-hybridized carbons (Fsp3) is 0.478. The molecule has 1 unspecified atom stereocenters. The van der Waals surface area contributed by atoms with Crippen LogP contribution in [0.1, 0.15) is 72.3 Å². The van der Waals surface area contributed by atoms with E-state index in [2.05, 4.69) is 24.1 Å². The van der Waals surface area contributed by atoms with Crippen molar-refractivity contribution in [1.82, 2.24) is 10.3 Å². The number of H-pyrrole nitrogens is 1. The fourth-order valence-corrected chi connectivity index (χ4v) is 3.73. The Morgan fingerprint density at radius 2 is 2.14 bits per heavy atom. The smallest absolute Gasteiger partial charge is 0.253 e.